The van der Waals surface area contributed by atoms with Crippen molar-refractivity contribution >= 4 is 5.91 Å². The number of benzene rings is 1. The van der Waals surface area contributed by atoms with Gasteiger partial charge in [-0.3, -0.25) is 4.79 Å². The highest BCUT2D eigenvalue weighted by Gasteiger charge is 2.09. The van der Waals surface area contributed by atoms with Crippen LogP contribution in [0, 0.1) is 11.9 Å². The van der Waals surface area contributed by atoms with Crippen LogP contribution < -0.4 is 5.32 Å². The van der Waals surface area contributed by atoms with Crippen LogP contribution in [0.2, 0.25) is 0 Å². The van der Waals surface area contributed by atoms with Gasteiger partial charge in [0.25, 0.3) is 5.91 Å². The standard InChI is InChI=1S/C13H10F2N2O/c14-11-6-10(7-12(15)17-11)13(18)16-8-9-4-2-1-3-5-9/h1-7H,8H2,(H,16,18). The van der Waals surface area contributed by atoms with Crippen molar-refractivity contribution in [2.45, 2.75) is 6.54 Å². The number of carbonyl (C=O) groups is 1. The van der Waals surface area contributed by atoms with Gasteiger partial charge in [-0.15, -0.1) is 0 Å². The second-order valence-electron chi connectivity index (χ2n) is 3.67. The minimum Gasteiger partial charge on any atom is -0.348 e. The van der Waals surface area contributed by atoms with Crippen LogP contribution >= 0.6 is 0 Å². The zero-order valence-electron chi connectivity index (χ0n) is 9.36. The van der Waals surface area contributed by atoms with Gasteiger partial charge in [-0.1, -0.05) is 30.3 Å². The van der Waals surface area contributed by atoms with Gasteiger partial charge in [0, 0.05) is 24.2 Å². The molecule has 3 nitrogen and oxygen atoms in total. The summed E-state index contributed by atoms with van der Waals surface area (Å²) in [4.78, 5) is 14.6. The second kappa shape index (κ2) is 5.35. The molecule has 0 saturated carbocycles. The average Bonchev–Trinajstić information content (AvgIpc) is 2.36. The Morgan fingerprint density at radius 2 is 1.72 bits per heavy atom. The molecule has 0 aliphatic heterocycles. The SMILES string of the molecule is O=C(NCc1ccccc1)c1cc(F)nc(F)c1. The highest BCUT2D eigenvalue weighted by molar-refractivity contribution is 5.93. The van der Waals surface area contributed by atoms with E-state index < -0.39 is 17.8 Å². The van der Waals surface area contributed by atoms with E-state index in [0.29, 0.717) is 6.54 Å². The summed E-state index contributed by atoms with van der Waals surface area (Å²) in [5.74, 6) is -2.57. The number of carbonyl (C=O) groups excluding carboxylic acids is 1. The van der Waals surface area contributed by atoms with E-state index >= 15 is 0 Å². The summed E-state index contributed by atoms with van der Waals surface area (Å²) in [5, 5.41) is 2.57. The molecule has 0 radical (unpaired) electrons. The molecular formula is C13H10F2N2O. The number of nitrogens with zero attached hydrogens (tertiary/aromatic N) is 1. The molecule has 0 bridgehead atoms. The van der Waals surface area contributed by atoms with Crippen molar-refractivity contribution < 1.29 is 13.6 Å². The summed E-state index contributed by atoms with van der Waals surface area (Å²) in [6.07, 6.45) is 0. The van der Waals surface area contributed by atoms with Crippen LogP contribution in [0.3, 0.4) is 0 Å². The van der Waals surface area contributed by atoms with E-state index in [1.165, 1.54) is 0 Å². The van der Waals surface area contributed by atoms with Crippen LogP contribution in [-0.4, -0.2) is 10.9 Å². The van der Waals surface area contributed by atoms with E-state index in [9.17, 15) is 13.6 Å². The summed E-state index contributed by atoms with van der Waals surface area (Å²) >= 11 is 0. The maximum absolute atomic E-state index is 12.8. The first-order chi connectivity index (χ1) is 8.65. The molecule has 1 heterocycles. The number of aromatic nitrogens is 1. The van der Waals surface area contributed by atoms with Crippen LogP contribution in [0.25, 0.3) is 0 Å². The Morgan fingerprint density at radius 3 is 2.33 bits per heavy atom. The summed E-state index contributed by atoms with van der Waals surface area (Å²) in [5.41, 5.74) is 0.816. The van der Waals surface area contributed by atoms with Crippen molar-refractivity contribution in [3.63, 3.8) is 0 Å². The minimum atomic E-state index is -1.01. The topological polar surface area (TPSA) is 42.0 Å². The van der Waals surface area contributed by atoms with E-state index in [4.69, 9.17) is 0 Å². The molecule has 5 heteroatoms. The lowest BCUT2D eigenvalue weighted by atomic mass is 10.2. The van der Waals surface area contributed by atoms with Crippen molar-refractivity contribution in [2.75, 3.05) is 0 Å². The van der Waals surface area contributed by atoms with E-state index in [0.717, 1.165) is 17.7 Å². The smallest absolute Gasteiger partial charge is 0.251 e. The number of pyridine rings is 1. The molecule has 0 unspecified atom stereocenters. The highest BCUT2D eigenvalue weighted by atomic mass is 19.1. The zero-order valence-corrected chi connectivity index (χ0v) is 9.36. The van der Waals surface area contributed by atoms with Crippen molar-refractivity contribution in [3.8, 4) is 0 Å². The molecule has 1 aromatic carbocycles. The van der Waals surface area contributed by atoms with Gasteiger partial charge in [0.15, 0.2) is 0 Å². The van der Waals surface area contributed by atoms with Gasteiger partial charge >= 0.3 is 0 Å². The Balaban J connectivity index is 2.04. The van der Waals surface area contributed by atoms with E-state index in [-0.39, 0.29) is 5.56 Å². The molecule has 1 aromatic heterocycles. The molecule has 92 valence electrons. The average molecular weight is 248 g/mol. The lowest BCUT2D eigenvalue weighted by Gasteiger charge is -2.05. The van der Waals surface area contributed by atoms with Crippen LogP contribution in [0.4, 0.5) is 8.78 Å². The molecule has 0 aliphatic rings. The van der Waals surface area contributed by atoms with Crippen molar-refractivity contribution in [1.29, 1.82) is 0 Å². The molecule has 18 heavy (non-hydrogen) atoms. The Labute approximate surface area is 102 Å². The van der Waals surface area contributed by atoms with Gasteiger partial charge in [-0.25, -0.2) is 0 Å². The molecule has 0 spiro atoms. The fourth-order valence-corrected chi connectivity index (χ4v) is 1.48. The van der Waals surface area contributed by atoms with Crippen molar-refractivity contribution in [2.24, 2.45) is 0 Å². The molecule has 2 rings (SSSR count). The number of rotatable bonds is 3. The molecule has 0 fully saturated rings. The van der Waals surface area contributed by atoms with Crippen LogP contribution in [-0.2, 0) is 6.54 Å². The minimum absolute atomic E-state index is 0.0871. The van der Waals surface area contributed by atoms with E-state index in [1.54, 1.807) is 0 Å². The normalized spacial score (nSPS) is 10.1. The molecular weight excluding hydrogens is 238 g/mol. The van der Waals surface area contributed by atoms with Crippen LogP contribution in [0.15, 0.2) is 42.5 Å². The summed E-state index contributed by atoms with van der Waals surface area (Å²) < 4.78 is 25.6. The monoisotopic (exact) mass is 248 g/mol. The first-order valence-electron chi connectivity index (χ1n) is 5.30. The van der Waals surface area contributed by atoms with E-state index in [1.807, 2.05) is 30.3 Å². The molecule has 1 amide bonds. The third-order valence-electron chi connectivity index (χ3n) is 2.32. The Kier molecular flexibility index (Phi) is 3.62. The lowest BCUT2D eigenvalue weighted by molar-refractivity contribution is 0.0949. The molecule has 1 N–H and O–H groups in total. The van der Waals surface area contributed by atoms with Gasteiger partial charge in [-0.05, 0) is 5.56 Å². The fourth-order valence-electron chi connectivity index (χ4n) is 1.48. The summed E-state index contributed by atoms with van der Waals surface area (Å²) in [6.45, 7) is 0.297. The third-order valence-corrected chi connectivity index (χ3v) is 2.32. The van der Waals surface area contributed by atoms with Gasteiger partial charge in [0.1, 0.15) is 0 Å². The Bertz CT molecular complexity index is 538. The van der Waals surface area contributed by atoms with Gasteiger partial charge < -0.3 is 5.32 Å². The quantitative estimate of drug-likeness (QED) is 0.847. The maximum atomic E-state index is 12.8. The predicted molar refractivity (Wildman–Crippen MR) is 61.8 cm³/mol. The Morgan fingerprint density at radius 1 is 1.11 bits per heavy atom. The summed E-state index contributed by atoms with van der Waals surface area (Å²) in [6, 6.07) is 11.0. The zero-order chi connectivity index (χ0) is 13.0. The van der Waals surface area contributed by atoms with E-state index in [2.05, 4.69) is 10.3 Å². The number of nitrogens with one attached hydrogen (secondary N) is 1. The number of hydrogen-bond donors (Lipinski definition) is 1. The lowest BCUT2D eigenvalue weighted by Crippen LogP contribution is -2.23. The fraction of sp³-hybridized carbons (Fsp3) is 0.0769. The van der Waals surface area contributed by atoms with Crippen LogP contribution in [0.5, 0.6) is 0 Å². The third kappa shape index (κ3) is 3.10. The number of halogens is 2. The molecule has 0 atom stereocenters. The van der Waals surface area contributed by atoms with Gasteiger partial charge in [0.2, 0.25) is 11.9 Å². The number of hydrogen-bond acceptors (Lipinski definition) is 2. The summed E-state index contributed by atoms with van der Waals surface area (Å²) in [7, 11) is 0. The van der Waals surface area contributed by atoms with Gasteiger partial charge in [-0.2, -0.15) is 13.8 Å². The van der Waals surface area contributed by atoms with Gasteiger partial charge in [0.05, 0.1) is 0 Å². The van der Waals surface area contributed by atoms with Crippen LogP contribution in [0.1, 0.15) is 15.9 Å². The largest absolute Gasteiger partial charge is 0.348 e. The molecule has 2 aromatic rings. The highest BCUT2D eigenvalue weighted by Crippen LogP contribution is 2.05. The maximum Gasteiger partial charge on any atom is 0.251 e. The Hall–Kier alpha value is -2.30. The first-order valence-corrected chi connectivity index (χ1v) is 5.30. The predicted octanol–water partition coefficient (Wildman–Crippen LogP) is 2.29. The first kappa shape index (κ1) is 12.2. The number of amides is 1. The second-order valence-corrected chi connectivity index (χ2v) is 3.67. The van der Waals surface area contributed by atoms with Crippen molar-refractivity contribution in [3.05, 3.63) is 65.5 Å². The molecule has 0 aliphatic carbocycles. The molecule has 0 saturated heterocycles. The van der Waals surface area contributed by atoms with Crippen molar-refractivity contribution in [1.82, 2.24) is 10.3 Å².